The van der Waals surface area contributed by atoms with Gasteiger partial charge in [0.25, 0.3) is 5.91 Å². The zero-order valence-electron chi connectivity index (χ0n) is 14.1. The van der Waals surface area contributed by atoms with Gasteiger partial charge in [0.15, 0.2) is 5.82 Å². The van der Waals surface area contributed by atoms with Crippen molar-refractivity contribution in [2.75, 3.05) is 38.1 Å². The summed E-state index contributed by atoms with van der Waals surface area (Å²) in [7, 11) is -0.522. The van der Waals surface area contributed by atoms with Crippen LogP contribution in [0.25, 0.3) is 10.9 Å². The number of nitrogens with zero attached hydrogens (tertiary/aromatic N) is 3. The molecule has 0 unspecified atom stereocenters. The molecule has 0 radical (unpaired) electrons. The molecule has 0 saturated carbocycles. The molecule has 140 valence electrons. The molecule has 1 aliphatic heterocycles. The van der Waals surface area contributed by atoms with Crippen molar-refractivity contribution in [1.82, 2.24) is 14.6 Å². The Morgan fingerprint density at radius 3 is 2.77 bits per heavy atom. The molecule has 1 aromatic carbocycles. The first-order valence-electron chi connectivity index (χ1n) is 7.62. The fraction of sp³-hybridized carbons (Fsp3) is 0.333. The average Bonchev–Trinajstić information content (AvgIpc) is 2.80. The lowest BCUT2D eigenvalue weighted by Crippen LogP contribution is -2.30. The third-order valence-electron chi connectivity index (χ3n) is 3.71. The third-order valence-corrected chi connectivity index (χ3v) is 5.09. The standard InChI is InChI=1S/C15H17FN4O5S/c1-19(2)5-6-25-12-4-3-9-7-10(21)15(13(16)14(9)17-12)20-8-11(22)18-26(20,23)24/h3-4,7,21H,5-6,8H2,1-2H3,(H,18,22). The lowest BCUT2D eigenvalue weighted by molar-refractivity contribution is -0.117. The van der Waals surface area contributed by atoms with Crippen molar-refractivity contribution in [3.05, 3.63) is 24.0 Å². The SMILES string of the molecule is CN(C)CCOc1ccc2cc(O)c(N3CC(=O)NS3(=O)=O)c(F)c2n1. The van der Waals surface area contributed by atoms with Crippen LogP contribution < -0.4 is 13.8 Å². The predicted molar refractivity (Wildman–Crippen MR) is 91.8 cm³/mol. The number of aromatic nitrogens is 1. The van der Waals surface area contributed by atoms with E-state index in [2.05, 4.69) is 4.98 Å². The summed E-state index contributed by atoms with van der Waals surface area (Å²) in [6.45, 7) is 0.331. The Hall–Kier alpha value is -2.66. The first-order chi connectivity index (χ1) is 12.2. The highest BCUT2D eigenvalue weighted by molar-refractivity contribution is 7.92. The van der Waals surface area contributed by atoms with Crippen molar-refractivity contribution in [3.8, 4) is 11.6 Å². The number of phenolic OH excluding ortho intramolecular Hbond substituents is 1. The first kappa shape index (κ1) is 18.1. The predicted octanol–water partition coefficient (Wildman–Crippen LogP) is 0.201. The zero-order valence-corrected chi connectivity index (χ0v) is 14.9. The number of ether oxygens (including phenoxy) is 1. The second-order valence-corrected chi connectivity index (χ2v) is 7.56. The van der Waals surface area contributed by atoms with E-state index in [4.69, 9.17) is 4.74 Å². The summed E-state index contributed by atoms with van der Waals surface area (Å²) in [4.78, 5) is 17.3. The quantitative estimate of drug-likeness (QED) is 0.757. The van der Waals surface area contributed by atoms with E-state index in [-0.39, 0.29) is 16.8 Å². The number of amides is 1. The lowest BCUT2D eigenvalue weighted by atomic mass is 10.1. The van der Waals surface area contributed by atoms with Gasteiger partial charge in [0.2, 0.25) is 5.88 Å². The van der Waals surface area contributed by atoms with E-state index in [0.29, 0.717) is 17.5 Å². The van der Waals surface area contributed by atoms with Crippen LogP contribution in [0, 0.1) is 5.82 Å². The summed E-state index contributed by atoms with van der Waals surface area (Å²) in [6.07, 6.45) is 0. The minimum absolute atomic E-state index is 0.161. The maximum atomic E-state index is 15.0. The van der Waals surface area contributed by atoms with Crippen LogP contribution in [0.1, 0.15) is 0 Å². The van der Waals surface area contributed by atoms with Crippen molar-refractivity contribution >= 4 is 32.7 Å². The largest absolute Gasteiger partial charge is 0.506 e. The van der Waals surface area contributed by atoms with Gasteiger partial charge in [0.1, 0.15) is 30.1 Å². The van der Waals surface area contributed by atoms with Gasteiger partial charge in [-0.25, -0.2) is 18.4 Å². The number of phenols is 1. The molecule has 2 aromatic rings. The van der Waals surface area contributed by atoms with Gasteiger partial charge >= 0.3 is 10.2 Å². The van der Waals surface area contributed by atoms with E-state index in [0.717, 1.165) is 0 Å². The minimum Gasteiger partial charge on any atom is -0.506 e. The highest BCUT2D eigenvalue weighted by atomic mass is 32.2. The van der Waals surface area contributed by atoms with E-state index < -0.39 is 39.9 Å². The molecule has 0 atom stereocenters. The van der Waals surface area contributed by atoms with Gasteiger partial charge in [-0.05, 0) is 26.2 Å². The topological polar surface area (TPSA) is 112 Å². The monoisotopic (exact) mass is 384 g/mol. The minimum atomic E-state index is -4.27. The number of benzene rings is 1. The maximum absolute atomic E-state index is 15.0. The molecule has 0 spiro atoms. The molecule has 1 saturated heterocycles. The smallest absolute Gasteiger partial charge is 0.326 e. The van der Waals surface area contributed by atoms with Crippen LogP contribution in [0.4, 0.5) is 10.1 Å². The van der Waals surface area contributed by atoms with Crippen LogP contribution >= 0.6 is 0 Å². The highest BCUT2D eigenvalue weighted by Gasteiger charge is 2.38. The summed E-state index contributed by atoms with van der Waals surface area (Å²) >= 11 is 0. The molecule has 1 amide bonds. The van der Waals surface area contributed by atoms with Crippen molar-refractivity contribution in [3.63, 3.8) is 0 Å². The van der Waals surface area contributed by atoms with Crippen LogP contribution in [0.15, 0.2) is 18.2 Å². The summed E-state index contributed by atoms with van der Waals surface area (Å²) in [5.41, 5.74) is -0.802. The molecule has 0 aliphatic carbocycles. The number of fused-ring (bicyclic) bond motifs is 1. The van der Waals surface area contributed by atoms with Gasteiger partial charge in [0, 0.05) is 18.0 Å². The average molecular weight is 384 g/mol. The number of hydrogen-bond acceptors (Lipinski definition) is 7. The normalized spacial score (nSPS) is 16.3. The zero-order chi connectivity index (χ0) is 19.1. The number of anilines is 1. The lowest BCUT2D eigenvalue weighted by Gasteiger charge is -2.18. The highest BCUT2D eigenvalue weighted by Crippen LogP contribution is 2.38. The molecule has 11 heteroatoms. The Balaban J connectivity index is 2.04. The number of carbonyl (C=O) groups excluding carboxylic acids is 1. The molecule has 1 fully saturated rings. The van der Waals surface area contributed by atoms with E-state index in [1.807, 2.05) is 19.0 Å². The molecule has 9 nitrogen and oxygen atoms in total. The number of likely N-dealkylation sites (N-methyl/N-ethyl adjacent to an activating group) is 1. The molecule has 2 heterocycles. The van der Waals surface area contributed by atoms with Crippen molar-refractivity contribution in [1.29, 1.82) is 0 Å². The summed E-state index contributed by atoms with van der Waals surface area (Å²) in [5, 5.41) is 10.4. The van der Waals surface area contributed by atoms with Crippen LogP contribution in [0.3, 0.4) is 0 Å². The van der Waals surface area contributed by atoms with E-state index >= 15 is 0 Å². The number of hydrogen-bond donors (Lipinski definition) is 2. The van der Waals surface area contributed by atoms with E-state index in [1.165, 1.54) is 18.2 Å². The van der Waals surface area contributed by atoms with E-state index in [9.17, 15) is 22.7 Å². The number of rotatable bonds is 5. The molecule has 0 bridgehead atoms. The van der Waals surface area contributed by atoms with Gasteiger partial charge < -0.3 is 14.7 Å². The van der Waals surface area contributed by atoms with Gasteiger partial charge in [-0.3, -0.25) is 4.79 Å². The molecular weight excluding hydrogens is 367 g/mol. The molecule has 1 aliphatic rings. The number of carbonyl (C=O) groups is 1. The number of pyridine rings is 1. The van der Waals surface area contributed by atoms with Crippen molar-refractivity contribution < 1.29 is 27.4 Å². The van der Waals surface area contributed by atoms with Gasteiger partial charge in [-0.2, -0.15) is 8.42 Å². The van der Waals surface area contributed by atoms with Crippen LogP contribution in [-0.2, 0) is 15.0 Å². The van der Waals surface area contributed by atoms with Gasteiger partial charge in [-0.1, -0.05) is 0 Å². The third kappa shape index (κ3) is 3.35. The summed E-state index contributed by atoms with van der Waals surface area (Å²) < 4.78 is 46.5. The number of nitrogens with one attached hydrogen (secondary N) is 1. The molecule has 3 rings (SSSR count). The summed E-state index contributed by atoms with van der Waals surface area (Å²) in [6, 6.07) is 4.21. The molecule has 26 heavy (non-hydrogen) atoms. The first-order valence-corrected chi connectivity index (χ1v) is 9.06. The van der Waals surface area contributed by atoms with Gasteiger partial charge in [-0.15, -0.1) is 0 Å². The fourth-order valence-corrected chi connectivity index (χ4v) is 3.64. The second-order valence-electron chi connectivity index (χ2n) is 5.97. The van der Waals surface area contributed by atoms with Crippen molar-refractivity contribution in [2.45, 2.75) is 0 Å². The number of aromatic hydroxyl groups is 1. The fourth-order valence-electron chi connectivity index (χ4n) is 2.48. The Morgan fingerprint density at radius 2 is 2.15 bits per heavy atom. The maximum Gasteiger partial charge on any atom is 0.326 e. The summed E-state index contributed by atoms with van der Waals surface area (Å²) in [5.74, 6) is -2.33. The van der Waals surface area contributed by atoms with Crippen molar-refractivity contribution in [2.24, 2.45) is 0 Å². The molecule has 2 N–H and O–H groups in total. The Bertz CT molecular complexity index is 980. The Morgan fingerprint density at radius 1 is 1.42 bits per heavy atom. The van der Waals surface area contributed by atoms with Crippen LogP contribution in [0.5, 0.6) is 11.6 Å². The van der Waals surface area contributed by atoms with Crippen LogP contribution in [0.2, 0.25) is 0 Å². The molecule has 1 aromatic heterocycles. The van der Waals surface area contributed by atoms with Crippen LogP contribution in [-0.4, -0.2) is 63.1 Å². The van der Waals surface area contributed by atoms with E-state index in [1.54, 1.807) is 4.72 Å². The Kier molecular flexibility index (Phi) is 4.59. The Labute approximate surface area is 149 Å². The van der Waals surface area contributed by atoms with Gasteiger partial charge in [0.05, 0.1) is 0 Å². The second kappa shape index (κ2) is 6.57. The number of halogens is 1. The molecular formula is C15H17FN4O5S.